The third-order valence-corrected chi connectivity index (χ3v) is 3.10. The molecule has 1 N–H and O–H groups in total. The van der Waals surface area contributed by atoms with Gasteiger partial charge in [-0.25, -0.2) is 0 Å². The van der Waals surface area contributed by atoms with Crippen molar-refractivity contribution in [1.82, 2.24) is 10.2 Å². The van der Waals surface area contributed by atoms with Crippen LogP contribution in [0.5, 0.6) is 0 Å². The molecule has 0 aliphatic carbocycles. The van der Waals surface area contributed by atoms with Crippen molar-refractivity contribution in [2.45, 2.75) is 45.6 Å². The maximum atomic E-state index is 11.8. The smallest absolute Gasteiger partial charge is 0.236 e. The van der Waals surface area contributed by atoms with E-state index in [4.69, 9.17) is 0 Å². The average molecular weight is 249 g/mol. The molecule has 16 heavy (non-hydrogen) atoms. The van der Waals surface area contributed by atoms with Crippen LogP contribution in [0.3, 0.4) is 0 Å². The number of likely N-dealkylation sites (N-methyl/N-ethyl adjacent to an activating group) is 1. The van der Waals surface area contributed by atoms with Gasteiger partial charge in [-0.3, -0.25) is 4.79 Å². The molecular weight excluding hydrogens is 224 g/mol. The third-order valence-electron chi connectivity index (χ3n) is 3.10. The van der Waals surface area contributed by atoms with Gasteiger partial charge in [-0.05, 0) is 38.6 Å². The molecule has 0 saturated carbocycles. The van der Waals surface area contributed by atoms with Crippen LogP contribution < -0.4 is 5.32 Å². The predicted octanol–water partition coefficient (Wildman–Crippen LogP) is 2.05. The Morgan fingerprint density at radius 3 is 2.75 bits per heavy atom. The maximum absolute atomic E-state index is 11.8. The molecule has 0 radical (unpaired) electrons. The Morgan fingerprint density at radius 1 is 1.50 bits per heavy atom. The van der Waals surface area contributed by atoms with Crippen molar-refractivity contribution in [2.75, 3.05) is 20.1 Å². The van der Waals surface area contributed by atoms with Crippen molar-refractivity contribution in [1.29, 1.82) is 0 Å². The van der Waals surface area contributed by atoms with Gasteiger partial charge in [0.15, 0.2) is 0 Å². The van der Waals surface area contributed by atoms with Crippen molar-refractivity contribution in [3.63, 3.8) is 0 Å². The van der Waals surface area contributed by atoms with Crippen LogP contribution in [0.2, 0.25) is 0 Å². The van der Waals surface area contributed by atoms with Gasteiger partial charge < -0.3 is 10.2 Å². The molecule has 1 saturated heterocycles. The number of amides is 1. The number of hydrogen-bond donors (Lipinski definition) is 1. The van der Waals surface area contributed by atoms with Gasteiger partial charge in [-0.2, -0.15) is 0 Å². The molecule has 1 atom stereocenters. The van der Waals surface area contributed by atoms with E-state index in [1.54, 1.807) is 0 Å². The molecule has 1 unspecified atom stereocenters. The normalized spacial score (nSPS) is 20.0. The van der Waals surface area contributed by atoms with Gasteiger partial charge >= 0.3 is 0 Å². The zero-order chi connectivity index (χ0) is 11.3. The highest BCUT2D eigenvalue weighted by molar-refractivity contribution is 5.85. The summed E-state index contributed by atoms with van der Waals surface area (Å²) in [4.78, 5) is 13.8. The highest BCUT2D eigenvalue weighted by Gasteiger charge is 2.27. The minimum atomic E-state index is 0. The highest BCUT2D eigenvalue weighted by Crippen LogP contribution is 2.22. The summed E-state index contributed by atoms with van der Waals surface area (Å²) >= 11 is 0. The predicted molar refractivity (Wildman–Crippen MR) is 70.0 cm³/mol. The summed E-state index contributed by atoms with van der Waals surface area (Å²) in [6.45, 7) is 5.94. The van der Waals surface area contributed by atoms with Crippen molar-refractivity contribution in [3.05, 3.63) is 0 Å². The van der Waals surface area contributed by atoms with Crippen LogP contribution in [0.4, 0.5) is 0 Å². The van der Waals surface area contributed by atoms with E-state index in [1.165, 1.54) is 25.7 Å². The molecule has 1 aliphatic rings. The van der Waals surface area contributed by atoms with Gasteiger partial charge in [0, 0.05) is 12.6 Å². The lowest BCUT2D eigenvalue weighted by Gasteiger charge is -2.25. The van der Waals surface area contributed by atoms with E-state index in [0.29, 0.717) is 12.6 Å². The molecule has 4 heteroatoms. The standard InChI is InChI=1S/C12H24N2O.ClH/c1-10(2)6-7-11-5-4-8-14(11)12(15)9-13-3;/h10-11,13H,4-9H2,1-3H3;1H. The minimum absolute atomic E-state index is 0. The number of hydrogen-bond acceptors (Lipinski definition) is 2. The fourth-order valence-corrected chi connectivity index (χ4v) is 2.24. The first-order chi connectivity index (χ1) is 7.15. The number of carbonyl (C=O) groups excluding carboxylic acids is 1. The first-order valence-electron chi connectivity index (χ1n) is 6.09. The molecule has 1 fully saturated rings. The second-order valence-electron chi connectivity index (χ2n) is 4.88. The quantitative estimate of drug-likeness (QED) is 0.808. The summed E-state index contributed by atoms with van der Waals surface area (Å²) in [5.74, 6) is 1.01. The molecule has 0 aromatic carbocycles. The summed E-state index contributed by atoms with van der Waals surface area (Å²) in [6.07, 6.45) is 4.78. The van der Waals surface area contributed by atoms with Crippen molar-refractivity contribution >= 4 is 18.3 Å². The molecule has 1 aliphatic heterocycles. The highest BCUT2D eigenvalue weighted by atomic mass is 35.5. The summed E-state index contributed by atoms with van der Waals surface area (Å²) < 4.78 is 0. The van der Waals surface area contributed by atoms with Gasteiger partial charge in [0.05, 0.1) is 6.54 Å². The third kappa shape index (κ3) is 4.71. The summed E-state index contributed by atoms with van der Waals surface area (Å²) in [5.41, 5.74) is 0. The van der Waals surface area contributed by atoms with Crippen LogP contribution in [0.15, 0.2) is 0 Å². The van der Waals surface area contributed by atoms with Crippen LogP contribution >= 0.6 is 12.4 Å². The Kier molecular flexibility index (Phi) is 7.77. The molecule has 0 aromatic heterocycles. The van der Waals surface area contributed by atoms with Crippen molar-refractivity contribution < 1.29 is 4.79 Å². The van der Waals surface area contributed by atoms with E-state index in [1.807, 2.05) is 7.05 Å². The van der Waals surface area contributed by atoms with Crippen LogP contribution in [-0.4, -0.2) is 37.0 Å². The summed E-state index contributed by atoms with van der Waals surface area (Å²) in [7, 11) is 1.83. The fourth-order valence-electron chi connectivity index (χ4n) is 2.24. The van der Waals surface area contributed by atoms with Crippen molar-refractivity contribution in [3.8, 4) is 0 Å². The van der Waals surface area contributed by atoms with Crippen LogP contribution in [-0.2, 0) is 4.79 Å². The second-order valence-corrected chi connectivity index (χ2v) is 4.88. The molecule has 3 nitrogen and oxygen atoms in total. The Balaban J connectivity index is 0.00000225. The number of carbonyl (C=O) groups is 1. The Morgan fingerprint density at radius 2 is 2.19 bits per heavy atom. The second kappa shape index (κ2) is 7.91. The van der Waals surface area contributed by atoms with E-state index >= 15 is 0 Å². The maximum Gasteiger partial charge on any atom is 0.236 e. The fraction of sp³-hybridized carbons (Fsp3) is 0.917. The number of rotatable bonds is 5. The zero-order valence-electron chi connectivity index (χ0n) is 10.7. The molecule has 0 aromatic rings. The molecule has 0 spiro atoms. The topological polar surface area (TPSA) is 32.3 Å². The minimum Gasteiger partial charge on any atom is -0.339 e. The Bertz CT molecular complexity index is 209. The number of nitrogens with one attached hydrogen (secondary N) is 1. The van der Waals surface area contributed by atoms with E-state index in [2.05, 4.69) is 24.1 Å². The number of likely N-dealkylation sites (tertiary alicyclic amines) is 1. The van der Waals surface area contributed by atoms with E-state index in [-0.39, 0.29) is 18.3 Å². The first-order valence-corrected chi connectivity index (χ1v) is 6.09. The molecule has 96 valence electrons. The Labute approximate surface area is 105 Å². The average Bonchev–Trinajstić information content (AvgIpc) is 2.62. The summed E-state index contributed by atoms with van der Waals surface area (Å²) in [5, 5.41) is 2.94. The zero-order valence-corrected chi connectivity index (χ0v) is 11.5. The van der Waals surface area contributed by atoms with Crippen LogP contribution in [0.25, 0.3) is 0 Å². The number of nitrogens with zero attached hydrogens (tertiary/aromatic N) is 1. The van der Waals surface area contributed by atoms with Gasteiger partial charge in [-0.15, -0.1) is 12.4 Å². The molecule has 0 bridgehead atoms. The van der Waals surface area contributed by atoms with E-state index in [0.717, 1.165) is 12.5 Å². The molecular formula is C12H25ClN2O. The van der Waals surface area contributed by atoms with Gasteiger partial charge in [0.1, 0.15) is 0 Å². The lowest BCUT2D eigenvalue weighted by molar-refractivity contribution is -0.131. The molecule has 1 amide bonds. The summed E-state index contributed by atoms with van der Waals surface area (Å²) in [6, 6.07) is 0.508. The monoisotopic (exact) mass is 248 g/mol. The number of halogens is 1. The lowest BCUT2D eigenvalue weighted by atomic mass is 10.0. The Hall–Kier alpha value is -0.280. The largest absolute Gasteiger partial charge is 0.339 e. The van der Waals surface area contributed by atoms with Crippen LogP contribution in [0.1, 0.15) is 39.5 Å². The SMILES string of the molecule is CNCC(=O)N1CCCC1CCC(C)C.Cl. The van der Waals surface area contributed by atoms with Crippen molar-refractivity contribution in [2.24, 2.45) is 5.92 Å². The van der Waals surface area contributed by atoms with Gasteiger partial charge in [0.25, 0.3) is 0 Å². The van der Waals surface area contributed by atoms with E-state index < -0.39 is 0 Å². The lowest BCUT2D eigenvalue weighted by Crippen LogP contribution is -2.40. The van der Waals surface area contributed by atoms with Crippen LogP contribution in [0, 0.1) is 5.92 Å². The molecule has 1 rings (SSSR count). The molecule has 1 heterocycles. The van der Waals surface area contributed by atoms with Gasteiger partial charge in [-0.1, -0.05) is 13.8 Å². The van der Waals surface area contributed by atoms with E-state index in [9.17, 15) is 4.79 Å². The first kappa shape index (κ1) is 15.7. The van der Waals surface area contributed by atoms with Gasteiger partial charge in [0.2, 0.25) is 5.91 Å².